The van der Waals surface area contributed by atoms with Crippen LogP contribution in [-0.4, -0.2) is 0 Å². The molecule has 0 aromatic heterocycles. The molecule has 0 N–H and O–H groups in total. The van der Waals surface area contributed by atoms with E-state index in [9.17, 15) is 11.0 Å². The van der Waals surface area contributed by atoms with E-state index >= 15 is 0 Å². The van der Waals surface area contributed by atoms with Crippen molar-refractivity contribution in [2.24, 2.45) is 0 Å². The van der Waals surface area contributed by atoms with Crippen molar-refractivity contribution in [1.82, 2.24) is 0 Å². The Morgan fingerprint density at radius 3 is 1.58 bits per heavy atom. The van der Waals surface area contributed by atoms with Crippen molar-refractivity contribution in [1.29, 1.82) is 0 Å². The minimum Gasteiger partial charge on any atom is -0.310 e. The lowest BCUT2D eigenvalue weighted by molar-refractivity contribution is 1.28. The van der Waals surface area contributed by atoms with E-state index < -0.39 is 0 Å². The largest absolute Gasteiger partial charge is 0.310 e. The summed E-state index contributed by atoms with van der Waals surface area (Å²) in [6, 6.07) is 49.5. The number of hydrogen-bond acceptors (Lipinski definition) is 1. The summed E-state index contributed by atoms with van der Waals surface area (Å²) in [4.78, 5) is 1.37. The van der Waals surface area contributed by atoms with Gasteiger partial charge in [-0.1, -0.05) is 164 Å². The van der Waals surface area contributed by atoms with Gasteiger partial charge in [-0.3, -0.25) is 0 Å². The Bertz CT molecular complexity index is 3370. The maximum atomic E-state index is 9.60. The van der Waals surface area contributed by atoms with Gasteiger partial charge in [0.2, 0.25) is 0 Å². The summed E-state index contributed by atoms with van der Waals surface area (Å²) in [5, 5.41) is 7.80. The van der Waals surface area contributed by atoms with Gasteiger partial charge in [0.1, 0.15) is 0 Å². The number of hydrogen-bond donors (Lipinski definition) is 0. The van der Waals surface area contributed by atoms with Crippen LogP contribution in [0.25, 0.3) is 76.5 Å². The highest BCUT2D eigenvalue weighted by atomic mass is 15.1. The second-order valence-corrected chi connectivity index (χ2v) is 13.1. The van der Waals surface area contributed by atoms with Gasteiger partial charge in [0.05, 0.1) is 11.0 Å². The highest BCUT2D eigenvalue weighted by Gasteiger charge is 2.15. The van der Waals surface area contributed by atoms with Gasteiger partial charge in [-0.2, -0.15) is 0 Å². The first-order chi connectivity index (χ1) is 29.6. The normalized spacial score (nSPS) is 13.5. The number of benzene rings is 10. The zero-order valence-corrected chi connectivity index (χ0v) is 28.5. The quantitative estimate of drug-likeness (QED) is 0.158. The Kier molecular flexibility index (Phi) is 5.76. The summed E-state index contributed by atoms with van der Waals surface area (Å²) in [6.07, 6.45) is 0. The van der Waals surface area contributed by atoms with Crippen molar-refractivity contribution < 1.29 is 11.0 Å². The first-order valence-electron chi connectivity index (χ1n) is 21.6. The van der Waals surface area contributed by atoms with E-state index in [1.54, 1.807) is 18.2 Å². The molecule has 0 aliphatic carbocycles. The molecule has 1 nitrogen and oxygen atoms in total. The molecule has 0 radical (unpaired) electrons. The molecule has 0 bridgehead atoms. The fourth-order valence-electron chi connectivity index (χ4n) is 7.29. The summed E-state index contributed by atoms with van der Waals surface area (Å²) in [5.74, 6) is 0. The predicted molar refractivity (Wildman–Crippen MR) is 227 cm³/mol. The summed E-state index contributed by atoms with van der Waals surface area (Å²) in [6.45, 7) is 0. The number of nitrogens with zero attached hydrogens (tertiary/aromatic N) is 1. The molecule has 10 rings (SSSR count). The van der Waals surface area contributed by atoms with E-state index in [0.717, 1.165) is 54.2 Å². The third kappa shape index (κ3) is 5.69. The third-order valence-corrected chi connectivity index (χ3v) is 9.95. The molecule has 0 spiro atoms. The summed E-state index contributed by atoms with van der Waals surface area (Å²) >= 11 is 0. The van der Waals surface area contributed by atoms with E-state index in [-0.39, 0.29) is 70.8 Å². The van der Waals surface area contributed by atoms with Gasteiger partial charge < -0.3 is 4.90 Å². The average molecular weight is 682 g/mol. The Morgan fingerprint density at radius 1 is 0.283 bits per heavy atom. The van der Waals surface area contributed by atoms with Crippen LogP contribution in [0.4, 0.5) is 17.1 Å². The van der Waals surface area contributed by atoms with E-state index in [1.165, 1.54) is 4.90 Å². The molecule has 0 aliphatic heterocycles. The second kappa shape index (κ2) is 13.0. The van der Waals surface area contributed by atoms with Crippen LogP contribution in [0.2, 0.25) is 0 Å². The maximum absolute atomic E-state index is 9.60. The first kappa shape index (κ1) is 23.5. The van der Waals surface area contributed by atoms with Crippen LogP contribution in [0.3, 0.4) is 0 Å². The molecule has 10 aromatic rings. The third-order valence-electron chi connectivity index (χ3n) is 9.95. The predicted octanol–water partition coefficient (Wildman–Crippen LogP) is 14.8. The fourth-order valence-corrected chi connectivity index (χ4v) is 7.29. The van der Waals surface area contributed by atoms with Gasteiger partial charge in [0, 0.05) is 17.1 Å². The van der Waals surface area contributed by atoms with Crippen LogP contribution in [0.1, 0.15) is 11.0 Å². The Hall–Kier alpha value is -6.96. The maximum Gasteiger partial charge on any atom is 0.0645 e. The van der Waals surface area contributed by atoms with Crippen molar-refractivity contribution in [2.45, 2.75) is 0 Å². The average Bonchev–Trinajstić information content (AvgIpc) is 3.29. The van der Waals surface area contributed by atoms with Crippen LogP contribution in [0.5, 0.6) is 0 Å². The molecule has 0 unspecified atom stereocenters. The molecule has 0 saturated heterocycles. The molecule has 248 valence electrons. The van der Waals surface area contributed by atoms with Crippen LogP contribution >= 0.6 is 0 Å². The van der Waals surface area contributed by atoms with Gasteiger partial charge in [-0.25, -0.2) is 0 Å². The number of rotatable bonds is 6. The molecule has 0 aliphatic rings. The lowest BCUT2D eigenvalue weighted by Gasteiger charge is -2.26. The van der Waals surface area contributed by atoms with Gasteiger partial charge in [0.25, 0.3) is 0 Å². The van der Waals surface area contributed by atoms with E-state index in [2.05, 4.69) is 6.07 Å². The van der Waals surface area contributed by atoms with Crippen LogP contribution < -0.4 is 4.90 Å². The smallest absolute Gasteiger partial charge is 0.0645 e. The van der Waals surface area contributed by atoms with Crippen molar-refractivity contribution in [2.75, 3.05) is 4.90 Å². The number of fused-ring (bicyclic) bond motifs is 5. The molecule has 0 heterocycles. The zero-order valence-electron chi connectivity index (χ0n) is 36.5. The summed E-state index contributed by atoms with van der Waals surface area (Å²) in [7, 11) is 0. The van der Waals surface area contributed by atoms with Crippen molar-refractivity contribution >= 4 is 60.2 Å². The van der Waals surface area contributed by atoms with Crippen LogP contribution in [-0.2, 0) is 0 Å². The summed E-state index contributed by atoms with van der Waals surface area (Å²) in [5.41, 5.74) is 2.90. The fraction of sp³-hybridized carbons (Fsp3) is 0. The molecule has 0 atom stereocenters. The topological polar surface area (TPSA) is 3.24 Å². The van der Waals surface area contributed by atoms with Gasteiger partial charge >= 0.3 is 0 Å². The Balaban J connectivity index is 1.21. The van der Waals surface area contributed by atoms with Crippen LogP contribution in [0, 0.1) is 0 Å². The van der Waals surface area contributed by atoms with Crippen molar-refractivity contribution in [3.05, 3.63) is 212 Å². The lowest BCUT2D eigenvalue weighted by Crippen LogP contribution is -2.10. The molecule has 0 fully saturated rings. The molecule has 1 heteroatoms. The monoisotopic (exact) mass is 681 g/mol. The molecular weight excluding hydrogens is 639 g/mol. The number of anilines is 3. The SMILES string of the molecule is [2H]c1c([2H])c(N(c2cccc(-c3ccc4ccccc4c3)c2)c2c([2H])c([2H])c(-c3cccc4ccccc34)c([2H])c2[2H])c([2H])c([2H])c1-c1ccc2c(ccc3ccccc32)c1. The molecular formula is C52H35N. The Labute approximate surface area is 320 Å². The molecule has 53 heavy (non-hydrogen) atoms. The minimum atomic E-state index is -0.388. The van der Waals surface area contributed by atoms with E-state index in [1.807, 2.05) is 140 Å². The first-order valence-corrected chi connectivity index (χ1v) is 17.6. The van der Waals surface area contributed by atoms with E-state index in [4.69, 9.17) is 0 Å². The second-order valence-electron chi connectivity index (χ2n) is 13.1. The highest BCUT2D eigenvalue weighted by molar-refractivity contribution is 6.08. The summed E-state index contributed by atoms with van der Waals surface area (Å²) < 4.78 is 76.1. The van der Waals surface area contributed by atoms with Gasteiger partial charge in [0.15, 0.2) is 0 Å². The van der Waals surface area contributed by atoms with Gasteiger partial charge in [-0.15, -0.1) is 0 Å². The Morgan fingerprint density at radius 2 is 0.792 bits per heavy atom. The van der Waals surface area contributed by atoms with Gasteiger partial charge in [-0.05, 0) is 125 Å². The molecule has 0 saturated carbocycles. The highest BCUT2D eigenvalue weighted by Crippen LogP contribution is 2.40. The minimum absolute atomic E-state index is 0.115. The molecule has 10 aromatic carbocycles. The van der Waals surface area contributed by atoms with Crippen molar-refractivity contribution in [3.8, 4) is 33.4 Å². The van der Waals surface area contributed by atoms with Crippen LogP contribution in [0.15, 0.2) is 212 Å². The van der Waals surface area contributed by atoms with Crippen molar-refractivity contribution in [3.63, 3.8) is 0 Å². The van der Waals surface area contributed by atoms with E-state index in [0.29, 0.717) is 16.8 Å². The lowest BCUT2D eigenvalue weighted by atomic mass is 9.97. The standard InChI is InChI=1S/C52H35N/c1-2-12-41-33-44(21-19-36(41)9-1)42-14-7-15-48(35-42)53(47-30-25-40(26-31-47)51-18-8-13-38-10-3-5-16-49(38)51)46-28-23-37(24-29-46)43-27-32-52-45(34-43)22-20-39-11-4-6-17-50(39)52/h1-35H/i23D,24D,25D,26D,28D,29D,30D,31D. The molecule has 0 amide bonds. The zero-order chi connectivity index (χ0) is 42.1.